The highest BCUT2D eigenvalue weighted by Gasteiger charge is 2.07. The summed E-state index contributed by atoms with van der Waals surface area (Å²) in [4.78, 5) is 0. The zero-order valence-corrected chi connectivity index (χ0v) is 9.12. The molecular weight excluding hydrogens is 170 g/mol. The molecule has 0 rings (SSSR count). The van der Waals surface area contributed by atoms with Crippen molar-refractivity contribution in [2.75, 3.05) is 19.0 Å². The van der Waals surface area contributed by atoms with E-state index in [2.05, 4.69) is 32.2 Å². The molecule has 0 amide bonds. The maximum absolute atomic E-state index is 5.47. The topological polar surface area (TPSA) is 12.0 Å². The third-order valence-corrected chi connectivity index (χ3v) is 1.75. The van der Waals surface area contributed by atoms with E-state index in [1.807, 2.05) is 6.08 Å². The fraction of sp³-hybridized carbons (Fsp3) is 0.800. The van der Waals surface area contributed by atoms with Crippen molar-refractivity contribution >= 4 is 11.6 Å². The van der Waals surface area contributed by atoms with Gasteiger partial charge in [-0.25, -0.2) is 0 Å². The van der Waals surface area contributed by atoms with Gasteiger partial charge in [-0.1, -0.05) is 32.9 Å². The first-order valence-corrected chi connectivity index (χ1v) is 5.01. The standard InChI is InChI=1S/C10H20ClN/c1-10(2,3)6-9-12-8-5-4-7-11/h4-5,12H,6-9H2,1-3H3/b5-4+. The third kappa shape index (κ3) is 9.99. The lowest BCUT2D eigenvalue weighted by Crippen LogP contribution is -2.20. The molecule has 0 radical (unpaired) electrons. The monoisotopic (exact) mass is 189 g/mol. The molecule has 0 bridgehead atoms. The van der Waals surface area contributed by atoms with E-state index in [1.54, 1.807) is 0 Å². The summed E-state index contributed by atoms with van der Waals surface area (Å²) in [7, 11) is 0. The highest BCUT2D eigenvalue weighted by atomic mass is 35.5. The Balaban J connectivity index is 3.17. The van der Waals surface area contributed by atoms with E-state index in [0.717, 1.165) is 13.1 Å². The van der Waals surface area contributed by atoms with E-state index in [4.69, 9.17) is 11.6 Å². The molecular formula is C10H20ClN. The molecule has 0 aliphatic rings. The second kappa shape index (κ2) is 6.50. The average molecular weight is 190 g/mol. The molecule has 0 spiro atoms. The molecule has 0 saturated carbocycles. The minimum atomic E-state index is 0.434. The molecule has 72 valence electrons. The average Bonchev–Trinajstić information content (AvgIpc) is 1.94. The lowest BCUT2D eigenvalue weighted by atomic mass is 9.92. The Hall–Kier alpha value is -0.0100. The zero-order chi connectivity index (χ0) is 9.45. The number of halogens is 1. The van der Waals surface area contributed by atoms with Crippen molar-refractivity contribution in [1.29, 1.82) is 0 Å². The SMILES string of the molecule is CC(C)(C)CCNC/C=C/CCl. The number of rotatable bonds is 5. The van der Waals surface area contributed by atoms with E-state index in [-0.39, 0.29) is 0 Å². The van der Waals surface area contributed by atoms with Crippen LogP contribution in [0.2, 0.25) is 0 Å². The zero-order valence-electron chi connectivity index (χ0n) is 8.36. The maximum Gasteiger partial charge on any atom is 0.0404 e. The van der Waals surface area contributed by atoms with E-state index in [0.29, 0.717) is 11.3 Å². The Morgan fingerprint density at radius 3 is 2.42 bits per heavy atom. The van der Waals surface area contributed by atoms with Crippen molar-refractivity contribution in [3.63, 3.8) is 0 Å². The second-order valence-electron chi connectivity index (χ2n) is 4.14. The Kier molecular flexibility index (Phi) is 6.49. The van der Waals surface area contributed by atoms with Crippen LogP contribution in [0.4, 0.5) is 0 Å². The summed E-state index contributed by atoms with van der Waals surface area (Å²) in [5, 5.41) is 3.33. The van der Waals surface area contributed by atoms with Gasteiger partial charge in [0.05, 0.1) is 0 Å². The first kappa shape index (κ1) is 12.0. The lowest BCUT2D eigenvalue weighted by Gasteiger charge is -2.17. The number of hydrogen-bond acceptors (Lipinski definition) is 1. The van der Waals surface area contributed by atoms with Gasteiger partial charge in [-0.05, 0) is 18.4 Å². The summed E-state index contributed by atoms with van der Waals surface area (Å²) in [5.41, 5.74) is 0.434. The van der Waals surface area contributed by atoms with Crippen LogP contribution in [0.1, 0.15) is 27.2 Å². The normalized spacial score (nSPS) is 12.7. The van der Waals surface area contributed by atoms with Crippen LogP contribution in [0.3, 0.4) is 0 Å². The van der Waals surface area contributed by atoms with Gasteiger partial charge in [-0.3, -0.25) is 0 Å². The van der Waals surface area contributed by atoms with Crippen molar-refractivity contribution in [3.8, 4) is 0 Å². The van der Waals surface area contributed by atoms with Crippen LogP contribution in [-0.4, -0.2) is 19.0 Å². The Labute approximate surface area is 81.2 Å². The van der Waals surface area contributed by atoms with Gasteiger partial charge in [-0.2, -0.15) is 0 Å². The summed E-state index contributed by atoms with van der Waals surface area (Å²) in [6.07, 6.45) is 5.24. The molecule has 0 aliphatic heterocycles. The fourth-order valence-corrected chi connectivity index (χ4v) is 0.921. The first-order valence-electron chi connectivity index (χ1n) is 4.48. The smallest absolute Gasteiger partial charge is 0.0404 e. The summed E-state index contributed by atoms with van der Waals surface area (Å²) in [5.74, 6) is 0.612. The van der Waals surface area contributed by atoms with Crippen molar-refractivity contribution in [2.45, 2.75) is 27.2 Å². The molecule has 2 heteroatoms. The van der Waals surface area contributed by atoms with Crippen LogP contribution >= 0.6 is 11.6 Å². The molecule has 0 aromatic rings. The van der Waals surface area contributed by atoms with Gasteiger partial charge in [0.1, 0.15) is 0 Å². The van der Waals surface area contributed by atoms with Gasteiger partial charge in [0.25, 0.3) is 0 Å². The Bertz CT molecular complexity index is 124. The van der Waals surface area contributed by atoms with Crippen LogP contribution in [0.15, 0.2) is 12.2 Å². The van der Waals surface area contributed by atoms with Gasteiger partial charge in [0, 0.05) is 12.4 Å². The fourth-order valence-electron chi connectivity index (χ4n) is 0.795. The minimum Gasteiger partial charge on any atom is -0.313 e. The van der Waals surface area contributed by atoms with Crippen molar-refractivity contribution in [2.24, 2.45) is 5.41 Å². The molecule has 0 aromatic carbocycles. The van der Waals surface area contributed by atoms with E-state index >= 15 is 0 Å². The van der Waals surface area contributed by atoms with Gasteiger partial charge >= 0.3 is 0 Å². The Morgan fingerprint density at radius 2 is 1.92 bits per heavy atom. The predicted molar refractivity (Wildman–Crippen MR) is 56.8 cm³/mol. The van der Waals surface area contributed by atoms with Gasteiger partial charge in [0.2, 0.25) is 0 Å². The quantitative estimate of drug-likeness (QED) is 0.399. The molecule has 1 nitrogen and oxygen atoms in total. The van der Waals surface area contributed by atoms with E-state index in [1.165, 1.54) is 6.42 Å². The van der Waals surface area contributed by atoms with Crippen LogP contribution in [-0.2, 0) is 0 Å². The highest BCUT2D eigenvalue weighted by Crippen LogP contribution is 2.16. The number of alkyl halides is 1. The van der Waals surface area contributed by atoms with Crippen molar-refractivity contribution < 1.29 is 0 Å². The van der Waals surface area contributed by atoms with E-state index in [9.17, 15) is 0 Å². The molecule has 0 aromatic heterocycles. The van der Waals surface area contributed by atoms with Gasteiger partial charge in [-0.15, -0.1) is 11.6 Å². The molecule has 0 unspecified atom stereocenters. The number of allylic oxidation sites excluding steroid dienone is 1. The molecule has 0 heterocycles. The lowest BCUT2D eigenvalue weighted by molar-refractivity contribution is 0.370. The van der Waals surface area contributed by atoms with Crippen LogP contribution in [0.25, 0.3) is 0 Å². The summed E-state index contributed by atoms with van der Waals surface area (Å²) in [6.45, 7) is 8.77. The third-order valence-electron chi connectivity index (χ3n) is 1.57. The molecule has 1 N–H and O–H groups in total. The molecule has 12 heavy (non-hydrogen) atoms. The molecule has 0 fully saturated rings. The van der Waals surface area contributed by atoms with Crippen LogP contribution < -0.4 is 5.32 Å². The first-order chi connectivity index (χ1) is 5.56. The predicted octanol–water partition coefficient (Wildman–Crippen LogP) is 2.81. The minimum absolute atomic E-state index is 0.434. The summed E-state index contributed by atoms with van der Waals surface area (Å²) < 4.78 is 0. The van der Waals surface area contributed by atoms with Crippen molar-refractivity contribution in [3.05, 3.63) is 12.2 Å². The number of hydrogen-bond donors (Lipinski definition) is 1. The molecule has 0 atom stereocenters. The second-order valence-corrected chi connectivity index (χ2v) is 4.45. The van der Waals surface area contributed by atoms with Crippen LogP contribution in [0, 0.1) is 5.41 Å². The number of nitrogens with one attached hydrogen (secondary N) is 1. The summed E-state index contributed by atoms with van der Waals surface area (Å²) >= 11 is 5.47. The van der Waals surface area contributed by atoms with Gasteiger partial charge in [0.15, 0.2) is 0 Å². The highest BCUT2D eigenvalue weighted by molar-refractivity contribution is 6.18. The summed E-state index contributed by atoms with van der Waals surface area (Å²) in [6, 6.07) is 0. The molecule has 0 saturated heterocycles. The Morgan fingerprint density at radius 1 is 1.25 bits per heavy atom. The largest absolute Gasteiger partial charge is 0.313 e. The van der Waals surface area contributed by atoms with Crippen LogP contribution in [0.5, 0.6) is 0 Å². The van der Waals surface area contributed by atoms with Gasteiger partial charge < -0.3 is 5.32 Å². The van der Waals surface area contributed by atoms with Crippen molar-refractivity contribution in [1.82, 2.24) is 5.32 Å². The van der Waals surface area contributed by atoms with E-state index < -0.39 is 0 Å². The molecule has 0 aliphatic carbocycles. The maximum atomic E-state index is 5.47.